The Morgan fingerprint density at radius 2 is 2.00 bits per heavy atom. The summed E-state index contributed by atoms with van der Waals surface area (Å²) in [5, 5.41) is 3.28. The van der Waals surface area contributed by atoms with E-state index in [9.17, 15) is 9.59 Å². The minimum absolute atomic E-state index is 0.0915. The van der Waals surface area contributed by atoms with Crippen LogP contribution < -0.4 is 10.9 Å². The van der Waals surface area contributed by atoms with E-state index in [2.05, 4.69) is 15.3 Å². The van der Waals surface area contributed by atoms with Crippen molar-refractivity contribution in [2.75, 3.05) is 5.32 Å². The summed E-state index contributed by atoms with van der Waals surface area (Å²) in [6.45, 7) is -0.0915. The highest BCUT2D eigenvalue weighted by atomic mass is 32.1. The summed E-state index contributed by atoms with van der Waals surface area (Å²) < 4.78 is 2.36. The van der Waals surface area contributed by atoms with Crippen LogP contribution in [0.1, 0.15) is 0 Å². The highest BCUT2D eigenvalue weighted by Gasteiger charge is 2.09. The van der Waals surface area contributed by atoms with Gasteiger partial charge in [0.2, 0.25) is 5.91 Å². The second kappa shape index (κ2) is 5.86. The molecule has 1 N–H and O–H groups in total. The van der Waals surface area contributed by atoms with Crippen LogP contribution in [0.25, 0.3) is 21.1 Å². The minimum atomic E-state index is -0.288. The van der Waals surface area contributed by atoms with Gasteiger partial charge in [-0.15, -0.1) is 11.3 Å². The zero-order valence-electron chi connectivity index (χ0n) is 12.5. The quantitative estimate of drug-likeness (QED) is 0.624. The molecule has 4 rings (SSSR count). The number of aromatic nitrogens is 3. The SMILES string of the molecule is O=C(Cn1cnc2ccccc2c1=O)Nc1ccc2scnc2c1. The second-order valence-corrected chi connectivity index (χ2v) is 6.16. The predicted octanol–water partition coefficient (Wildman–Crippen LogP) is 2.64. The number of anilines is 1. The number of thiazole rings is 1. The minimum Gasteiger partial charge on any atom is -0.324 e. The van der Waals surface area contributed by atoms with Crippen molar-refractivity contribution < 1.29 is 4.79 Å². The summed E-state index contributed by atoms with van der Waals surface area (Å²) >= 11 is 1.54. The first-order valence-electron chi connectivity index (χ1n) is 7.28. The average Bonchev–Trinajstić information content (AvgIpc) is 3.05. The first-order chi connectivity index (χ1) is 11.7. The third kappa shape index (κ3) is 2.65. The third-order valence-electron chi connectivity index (χ3n) is 3.66. The number of para-hydroxylation sites is 1. The van der Waals surface area contributed by atoms with Crippen LogP contribution in [-0.4, -0.2) is 20.4 Å². The molecule has 0 aliphatic carbocycles. The van der Waals surface area contributed by atoms with Gasteiger partial charge in [0, 0.05) is 5.69 Å². The van der Waals surface area contributed by atoms with E-state index < -0.39 is 0 Å². The molecule has 2 heterocycles. The Labute approximate surface area is 140 Å². The number of hydrogen-bond acceptors (Lipinski definition) is 5. The van der Waals surface area contributed by atoms with Gasteiger partial charge in [-0.05, 0) is 30.3 Å². The van der Waals surface area contributed by atoms with Gasteiger partial charge in [-0.3, -0.25) is 14.2 Å². The average molecular weight is 336 g/mol. The summed E-state index contributed by atoms with van der Waals surface area (Å²) in [6.07, 6.45) is 1.40. The van der Waals surface area contributed by atoms with Crippen LogP contribution in [0.2, 0.25) is 0 Å². The highest BCUT2D eigenvalue weighted by Crippen LogP contribution is 2.21. The molecule has 0 unspecified atom stereocenters. The molecule has 0 saturated heterocycles. The number of fused-ring (bicyclic) bond motifs is 2. The fourth-order valence-corrected chi connectivity index (χ4v) is 3.17. The van der Waals surface area contributed by atoms with Gasteiger partial charge in [0.15, 0.2) is 0 Å². The van der Waals surface area contributed by atoms with Gasteiger partial charge in [-0.25, -0.2) is 9.97 Å². The summed E-state index contributed by atoms with van der Waals surface area (Å²) in [7, 11) is 0. The lowest BCUT2D eigenvalue weighted by Crippen LogP contribution is -2.27. The molecular weight excluding hydrogens is 324 g/mol. The summed E-state index contributed by atoms with van der Waals surface area (Å²) in [5.41, 5.74) is 3.64. The van der Waals surface area contributed by atoms with Gasteiger partial charge >= 0.3 is 0 Å². The lowest BCUT2D eigenvalue weighted by molar-refractivity contribution is -0.116. The van der Waals surface area contributed by atoms with Crippen LogP contribution >= 0.6 is 11.3 Å². The Balaban J connectivity index is 1.57. The first-order valence-corrected chi connectivity index (χ1v) is 8.16. The van der Waals surface area contributed by atoms with Crippen LogP contribution in [0, 0.1) is 0 Å². The smallest absolute Gasteiger partial charge is 0.261 e. The molecule has 0 atom stereocenters. The van der Waals surface area contributed by atoms with Gasteiger partial charge in [0.1, 0.15) is 6.54 Å². The van der Waals surface area contributed by atoms with Gasteiger partial charge in [-0.2, -0.15) is 0 Å². The van der Waals surface area contributed by atoms with E-state index in [0.29, 0.717) is 16.6 Å². The second-order valence-electron chi connectivity index (χ2n) is 5.28. The van der Waals surface area contributed by atoms with E-state index in [1.807, 2.05) is 24.3 Å². The molecule has 1 amide bonds. The molecular formula is C17H12N4O2S. The van der Waals surface area contributed by atoms with E-state index in [1.54, 1.807) is 35.0 Å². The zero-order chi connectivity index (χ0) is 16.5. The maximum atomic E-state index is 12.4. The monoisotopic (exact) mass is 336 g/mol. The number of rotatable bonds is 3. The van der Waals surface area contributed by atoms with Crippen molar-refractivity contribution in [1.29, 1.82) is 0 Å². The molecule has 0 fully saturated rings. The fraction of sp³-hybridized carbons (Fsp3) is 0.0588. The molecule has 0 aliphatic heterocycles. The van der Waals surface area contributed by atoms with Crippen molar-refractivity contribution in [2.45, 2.75) is 6.54 Å². The third-order valence-corrected chi connectivity index (χ3v) is 4.47. The van der Waals surface area contributed by atoms with Crippen LogP contribution in [0.15, 0.2) is 59.1 Å². The number of benzene rings is 2. The molecule has 0 radical (unpaired) electrons. The molecule has 0 spiro atoms. The maximum absolute atomic E-state index is 12.4. The van der Waals surface area contributed by atoms with Crippen molar-refractivity contribution >= 4 is 44.1 Å². The number of nitrogens with one attached hydrogen (secondary N) is 1. The Hall–Kier alpha value is -3.06. The Morgan fingerprint density at radius 3 is 2.92 bits per heavy atom. The number of carbonyl (C=O) groups is 1. The Morgan fingerprint density at radius 1 is 1.12 bits per heavy atom. The van der Waals surface area contributed by atoms with E-state index >= 15 is 0 Å². The first kappa shape index (κ1) is 14.5. The molecule has 0 bridgehead atoms. The van der Waals surface area contributed by atoms with Crippen molar-refractivity contribution in [1.82, 2.24) is 14.5 Å². The van der Waals surface area contributed by atoms with Crippen LogP contribution in [-0.2, 0) is 11.3 Å². The van der Waals surface area contributed by atoms with Crippen molar-refractivity contribution in [3.05, 3.63) is 64.7 Å². The molecule has 6 nitrogen and oxygen atoms in total. The number of hydrogen-bond donors (Lipinski definition) is 1. The van der Waals surface area contributed by atoms with E-state index in [-0.39, 0.29) is 18.0 Å². The topological polar surface area (TPSA) is 76.9 Å². The molecule has 0 saturated carbocycles. The Bertz CT molecular complexity index is 1120. The standard InChI is InChI=1S/C17H12N4O2S/c22-16(20-11-5-6-15-14(7-11)19-10-24-15)8-21-9-18-13-4-2-1-3-12(13)17(21)23/h1-7,9-10H,8H2,(H,20,22). The van der Waals surface area contributed by atoms with Gasteiger partial charge in [0.25, 0.3) is 5.56 Å². The van der Waals surface area contributed by atoms with E-state index in [1.165, 1.54) is 10.9 Å². The summed E-state index contributed by atoms with van der Waals surface area (Å²) in [4.78, 5) is 33.1. The molecule has 2 aromatic heterocycles. The van der Waals surface area contributed by atoms with E-state index in [0.717, 1.165) is 10.2 Å². The highest BCUT2D eigenvalue weighted by molar-refractivity contribution is 7.16. The van der Waals surface area contributed by atoms with E-state index in [4.69, 9.17) is 0 Å². The van der Waals surface area contributed by atoms with Crippen LogP contribution in [0.4, 0.5) is 5.69 Å². The number of carbonyl (C=O) groups excluding carboxylic acids is 1. The molecule has 7 heteroatoms. The van der Waals surface area contributed by atoms with Gasteiger partial charge in [0.05, 0.1) is 33.0 Å². The molecule has 0 aliphatic rings. The summed E-state index contributed by atoms with van der Waals surface area (Å²) in [5.74, 6) is -0.288. The fourth-order valence-electron chi connectivity index (χ4n) is 2.51. The lowest BCUT2D eigenvalue weighted by atomic mass is 10.2. The van der Waals surface area contributed by atoms with Crippen molar-refractivity contribution in [3.63, 3.8) is 0 Å². The van der Waals surface area contributed by atoms with Crippen LogP contribution in [0.3, 0.4) is 0 Å². The van der Waals surface area contributed by atoms with Crippen molar-refractivity contribution in [2.24, 2.45) is 0 Å². The Kier molecular flexibility index (Phi) is 3.55. The van der Waals surface area contributed by atoms with Gasteiger partial charge in [-0.1, -0.05) is 12.1 Å². The van der Waals surface area contributed by atoms with Gasteiger partial charge < -0.3 is 5.32 Å². The normalized spacial score (nSPS) is 11.0. The molecule has 4 aromatic rings. The lowest BCUT2D eigenvalue weighted by Gasteiger charge is -2.08. The largest absolute Gasteiger partial charge is 0.324 e. The zero-order valence-corrected chi connectivity index (χ0v) is 13.3. The predicted molar refractivity (Wildman–Crippen MR) is 94.3 cm³/mol. The maximum Gasteiger partial charge on any atom is 0.261 e. The molecule has 2 aromatic carbocycles. The molecule has 118 valence electrons. The van der Waals surface area contributed by atoms with Crippen LogP contribution in [0.5, 0.6) is 0 Å². The molecule has 24 heavy (non-hydrogen) atoms. The van der Waals surface area contributed by atoms with Crippen molar-refractivity contribution in [3.8, 4) is 0 Å². The summed E-state index contributed by atoms with van der Waals surface area (Å²) in [6, 6.07) is 12.6. The number of amides is 1. The number of nitrogens with zero attached hydrogens (tertiary/aromatic N) is 3.